The first kappa shape index (κ1) is 26.1. The van der Waals surface area contributed by atoms with Gasteiger partial charge in [0, 0.05) is 22.7 Å². The minimum atomic E-state index is -4.29. The fourth-order valence-electron chi connectivity index (χ4n) is 3.88. The summed E-state index contributed by atoms with van der Waals surface area (Å²) in [6.07, 6.45) is 2.42. The molecule has 0 atom stereocenters. The molecule has 39 heavy (non-hydrogen) atoms. The van der Waals surface area contributed by atoms with E-state index >= 15 is 8.78 Å². The lowest BCUT2D eigenvalue weighted by atomic mass is 9.99. The number of halogens is 4. The van der Waals surface area contributed by atoms with Crippen LogP contribution in [0.3, 0.4) is 0 Å². The van der Waals surface area contributed by atoms with Crippen molar-refractivity contribution >= 4 is 44.1 Å². The molecule has 16 heteroatoms. The van der Waals surface area contributed by atoms with Crippen molar-refractivity contribution in [1.82, 2.24) is 30.6 Å². The number of anilines is 1. The van der Waals surface area contributed by atoms with Crippen LogP contribution in [0.4, 0.5) is 19.0 Å². The number of benzene rings is 2. The highest BCUT2D eigenvalue weighted by atomic mass is 35.5. The first-order valence-electron chi connectivity index (χ1n) is 10.8. The van der Waals surface area contributed by atoms with Crippen LogP contribution in [0, 0.1) is 17.5 Å². The fourth-order valence-corrected chi connectivity index (χ4v) is 5.59. The van der Waals surface area contributed by atoms with E-state index in [1.165, 1.54) is 25.6 Å². The molecule has 0 bridgehead atoms. The fraction of sp³-hybridized carbons (Fsp3) is 0.0870. The predicted molar refractivity (Wildman–Crippen MR) is 132 cm³/mol. The number of nitrogens with zero attached hydrogens (tertiary/aromatic N) is 4. The van der Waals surface area contributed by atoms with Gasteiger partial charge in [-0.3, -0.25) is 9.89 Å². The zero-order chi connectivity index (χ0) is 27.9. The van der Waals surface area contributed by atoms with Crippen molar-refractivity contribution in [3.63, 3.8) is 0 Å². The number of aromatic nitrogens is 6. The Kier molecular flexibility index (Phi) is 6.69. The molecular formula is C23H15ClF3N7O4S. The van der Waals surface area contributed by atoms with E-state index in [0.29, 0.717) is 0 Å². The molecule has 3 N–H and O–H groups in total. The van der Waals surface area contributed by atoms with Gasteiger partial charge in [0.25, 0.3) is 5.91 Å². The highest BCUT2D eigenvalue weighted by molar-refractivity contribution is 7.90. The van der Waals surface area contributed by atoms with Crippen LogP contribution in [0.25, 0.3) is 22.0 Å². The molecule has 1 amide bonds. The third-order valence-corrected chi connectivity index (χ3v) is 7.51. The molecule has 0 saturated heterocycles. The summed E-state index contributed by atoms with van der Waals surface area (Å²) in [6.45, 7) is 0. The first-order chi connectivity index (χ1) is 18.6. The van der Waals surface area contributed by atoms with Crippen molar-refractivity contribution in [2.75, 3.05) is 12.4 Å². The molecule has 5 aromatic rings. The van der Waals surface area contributed by atoms with Crippen LogP contribution in [0.1, 0.15) is 16.1 Å². The van der Waals surface area contributed by atoms with E-state index in [1.807, 2.05) is 0 Å². The molecule has 0 aliphatic heterocycles. The van der Waals surface area contributed by atoms with E-state index in [9.17, 15) is 17.6 Å². The van der Waals surface area contributed by atoms with Crippen molar-refractivity contribution in [2.24, 2.45) is 0 Å². The third kappa shape index (κ3) is 4.77. The summed E-state index contributed by atoms with van der Waals surface area (Å²) in [5.41, 5.74) is -2.29. The zero-order valence-corrected chi connectivity index (χ0v) is 21.2. The van der Waals surface area contributed by atoms with Gasteiger partial charge in [-0.05, 0) is 18.2 Å². The molecule has 0 spiro atoms. The topological polar surface area (TPSA) is 156 Å². The molecule has 5 rings (SSSR count). The van der Waals surface area contributed by atoms with E-state index < -0.39 is 60.5 Å². The minimum absolute atomic E-state index is 0.00176. The van der Waals surface area contributed by atoms with Crippen LogP contribution in [-0.4, -0.2) is 52.0 Å². The van der Waals surface area contributed by atoms with E-state index in [0.717, 1.165) is 24.3 Å². The first-order valence-corrected chi connectivity index (χ1v) is 12.9. The summed E-state index contributed by atoms with van der Waals surface area (Å²) >= 11 is 5.87. The highest BCUT2D eigenvalue weighted by Gasteiger charge is 2.27. The Bertz CT molecular complexity index is 1850. The summed E-state index contributed by atoms with van der Waals surface area (Å²) in [6, 6.07) is 5.16. The van der Waals surface area contributed by atoms with Gasteiger partial charge in [-0.1, -0.05) is 23.7 Å². The molecular weight excluding hydrogens is 563 g/mol. The van der Waals surface area contributed by atoms with Crippen molar-refractivity contribution in [1.29, 1.82) is 0 Å². The Morgan fingerprint density at radius 1 is 1.10 bits per heavy atom. The molecule has 3 heterocycles. The van der Waals surface area contributed by atoms with Crippen LogP contribution in [0.15, 0.2) is 47.6 Å². The number of hydrogen-bond acceptors (Lipinski definition) is 8. The second kappa shape index (κ2) is 9.99. The molecule has 0 aliphatic carbocycles. The Morgan fingerprint density at radius 3 is 2.62 bits per heavy atom. The van der Waals surface area contributed by atoms with Gasteiger partial charge in [0.05, 0.1) is 29.6 Å². The van der Waals surface area contributed by atoms with E-state index in [-0.39, 0.29) is 33.3 Å². The number of fused-ring (bicyclic) bond motifs is 1. The summed E-state index contributed by atoms with van der Waals surface area (Å²) in [4.78, 5) is 15.9. The van der Waals surface area contributed by atoms with Crippen molar-refractivity contribution < 1.29 is 31.1 Å². The molecule has 0 aliphatic rings. The second-order valence-corrected chi connectivity index (χ2v) is 10.4. The average molecular weight is 578 g/mol. The Morgan fingerprint density at radius 2 is 1.90 bits per heavy atom. The van der Waals surface area contributed by atoms with Gasteiger partial charge < -0.3 is 10.1 Å². The van der Waals surface area contributed by atoms with Gasteiger partial charge >= 0.3 is 0 Å². The number of hydrogen-bond donors (Lipinski definition) is 3. The van der Waals surface area contributed by atoms with Crippen LogP contribution in [0.5, 0.6) is 5.88 Å². The standard InChI is InChI=1S/C23H15ClF3N7O4S/c1-38-23-15(6-11(24)7-28-23)39(36,37)9-10-2-5-14(25)17(18(10)26)12-3-4-13-20(19(12)27)32-33-21(13)22(35)30-16-8-29-34-31-16/h2-8H,9H2,1H3,(H,32,33)(H2,29,30,31,34,35). The predicted octanol–water partition coefficient (Wildman–Crippen LogP) is 4.05. The maximum Gasteiger partial charge on any atom is 0.275 e. The van der Waals surface area contributed by atoms with E-state index in [2.05, 4.69) is 35.9 Å². The molecule has 0 fully saturated rings. The SMILES string of the molecule is COc1ncc(Cl)cc1S(=O)(=O)Cc1ccc(F)c(-c2ccc3c(C(=O)Nc4cn[nH]n4)[nH]nc3c2F)c1F. The summed E-state index contributed by atoms with van der Waals surface area (Å²) in [7, 11) is -3.09. The van der Waals surface area contributed by atoms with E-state index in [4.69, 9.17) is 16.3 Å². The molecule has 0 radical (unpaired) electrons. The lowest BCUT2D eigenvalue weighted by molar-refractivity contribution is 0.102. The maximum atomic E-state index is 15.6. The molecule has 0 unspecified atom stereocenters. The number of sulfone groups is 1. The number of H-pyrrole nitrogens is 2. The Labute approximate surface area is 222 Å². The van der Waals surface area contributed by atoms with Gasteiger partial charge in [0.15, 0.2) is 21.5 Å². The van der Waals surface area contributed by atoms with E-state index in [1.54, 1.807) is 0 Å². The van der Waals surface area contributed by atoms with Crippen molar-refractivity contribution in [3.05, 3.63) is 76.5 Å². The zero-order valence-electron chi connectivity index (χ0n) is 19.6. The van der Waals surface area contributed by atoms with Gasteiger partial charge in [0.2, 0.25) is 5.88 Å². The van der Waals surface area contributed by atoms with Crippen LogP contribution in [0.2, 0.25) is 5.02 Å². The normalized spacial score (nSPS) is 11.6. The third-order valence-electron chi connectivity index (χ3n) is 5.65. The molecule has 0 saturated carbocycles. The Balaban J connectivity index is 1.54. The molecule has 200 valence electrons. The largest absolute Gasteiger partial charge is 0.480 e. The highest BCUT2D eigenvalue weighted by Crippen LogP contribution is 2.35. The van der Waals surface area contributed by atoms with Crippen LogP contribution >= 0.6 is 11.6 Å². The lowest BCUT2D eigenvalue weighted by Gasteiger charge is -2.13. The maximum absolute atomic E-state index is 15.6. The van der Waals surface area contributed by atoms with Crippen LogP contribution in [-0.2, 0) is 15.6 Å². The quantitative estimate of drug-likeness (QED) is 0.262. The second-order valence-electron chi connectivity index (χ2n) is 8.05. The van der Waals surface area contributed by atoms with Crippen molar-refractivity contribution in [3.8, 4) is 17.0 Å². The monoisotopic (exact) mass is 577 g/mol. The number of rotatable bonds is 7. The number of ether oxygens (including phenoxy) is 1. The van der Waals surface area contributed by atoms with Crippen molar-refractivity contribution in [2.45, 2.75) is 10.6 Å². The number of carbonyl (C=O) groups is 1. The smallest absolute Gasteiger partial charge is 0.275 e. The van der Waals surface area contributed by atoms with Gasteiger partial charge in [-0.2, -0.15) is 15.4 Å². The number of aromatic amines is 2. The average Bonchev–Trinajstić information content (AvgIpc) is 3.57. The summed E-state index contributed by atoms with van der Waals surface area (Å²) in [5, 5.41) is 18.2. The minimum Gasteiger partial charge on any atom is -0.480 e. The van der Waals surface area contributed by atoms with Gasteiger partial charge in [0.1, 0.15) is 27.7 Å². The summed E-state index contributed by atoms with van der Waals surface area (Å²) < 4.78 is 77.1. The van der Waals surface area contributed by atoms with Gasteiger partial charge in [-0.15, -0.1) is 5.10 Å². The summed E-state index contributed by atoms with van der Waals surface area (Å²) in [5.74, 6) is -5.39. The number of nitrogens with one attached hydrogen (secondary N) is 3. The lowest BCUT2D eigenvalue weighted by Crippen LogP contribution is -2.13. The number of carbonyl (C=O) groups excluding carboxylic acids is 1. The number of amides is 1. The number of methoxy groups -OCH3 is 1. The number of pyridine rings is 1. The molecule has 2 aromatic carbocycles. The molecule has 11 nitrogen and oxygen atoms in total. The van der Waals surface area contributed by atoms with Crippen LogP contribution < -0.4 is 10.1 Å². The van der Waals surface area contributed by atoms with Gasteiger partial charge in [-0.25, -0.2) is 26.6 Å². The Hall–Kier alpha value is -4.50. The molecule has 3 aromatic heterocycles.